The molecule has 1 saturated carbocycles. The molecule has 11 heavy (non-hydrogen) atoms. The predicted molar refractivity (Wildman–Crippen MR) is 35.5 cm³/mol. The fraction of sp³-hybridized carbons (Fsp3) is 0.429. The van der Waals surface area contributed by atoms with Crippen molar-refractivity contribution in [1.82, 2.24) is 4.98 Å². The summed E-state index contributed by atoms with van der Waals surface area (Å²) < 4.78 is 5.03. The highest BCUT2D eigenvalue weighted by Crippen LogP contribution is 2.48. The van der Waals surface area contributed by atoms with Crippen molar-refractivity contribution in [2.75, 3.05) is 0 Å². The van der Waals surface area contributed by atoms with E-state index >= 15 is 0 Å². The topological polar surface area (TPSA) is 55.5 Å². The first kappa shape index (κ1) is 6.31. The van der Waals surface area contributed by atoms with Crippen molar-refractivity contribution in [2.45, 2.75) is 18.4 Å². The van der Waals surface area contributed by atoms with E-state index in [1.54, 1.807) is 12.3 Å². The summed E-state index contributed by atoms with van der Waals surface area (Å²) in [6, 6.07) is 0. The lowest BCUT2D eigenvalue weighted by Crippen LogP contribution is -1.99. The van der Waals surface area contributed by atoms with Gasteiger partial charge in [-0.25, -0.2) is 9.78 Å². The van der Waals surface area contributed by atoms with Gasteiger partial charge in [-0.05, 0) is 12.8 Å². The molecule has 0 radical (unpaired) electrons. The maximum absolute atomic E-state index is 10.0. The first-order chi connectivity index (χ1) is 5.37. The molecule has 4 heteroatoms. The number of aromatic nitrogens is 1. The van der Waals surface area contributed by atoms with Crippen molar-refractivity contribution in [1.29, 1.82) is 0 Å². The Morgan fingerprint density at radius 2 is 2.55 bits per heavy atom. The van der Waals surface area contributed by atoms with Crippen LogP contribution in [0.15, 0.2) is 22.0 Å². The first-order valence-electron chi connectivity index (χ1n) is 3.35. The Hall–Kier alpha value is -1.41. The second-order valence-corrected chi connectivity index (χ2v) is 2.60. The molecule has 1 aliphatic rings. The minimum atomic E-state index is -0.405. The molecule has 0 saturated heterocycles. The molecule has 1 aromatic heterocycles. The van der Waals surface area contributed by atoms with E-state index in [2.05, 4.69) is 9.98 Å². The number of aliphatic imine (C=N–C) groups is 1. The van der Waals surface area contributed by atoms with Crippen molar-refractivity contribution >= 4 is 6.08 Å². The Labute approximate surface area is 63.0 Å². The zero-order valence-electron chi connectivity index (χ0n) is 5.78. The standard InChI is InChI=1S/C7H6N2O2/c10-4-9-7(1-2-7)6-3-8-5-11-6/h3,5H,1-2H2. The SMILES string of the molecule is O=C=NC1(c2cnco2)CC1. The van der Waals surface area contributed by atoms with Crippen LogP contribution in [-0.2, 0) is 10.3 Å². The summed E-state index contributed by atoms with van der Waals surface area (Å²) in [5.41, 5.74) is -0.405. The number of nitrogens with zero attached hydrogens (tertiary/aromatic N) is 2. The van der Waals surface area contributed by atoms with Crippen molar-refractivity contribution in [3.05, 3.63) is 18.4 Å². The van der Waals surface area contributed by atoms with Crippen molar-refractivity contribution in [3.63, 3.8) is 0 Å². The Balaban J connectivity index is 2.35. The molecular formula is C7H6N2O2. The number of hydrogen-bond donors (Lipinski definition) is 0. The van der Waals surface area contributed by atoms with Gasteiger partial charge >= 0.3 is 0 Å². The lowest BCUT2D eigenvalue weighted by Gasteiger charge is -1.98. The van der Waals surface area contributed by atoms with E-state index in [1.165, 1.54) is 6.39 Å². The minimum absolute atomic E-state index is 0.405. The molecule has 0 bridgehead atoms. The Kier molecular flexibility index (Phi) is 1.17. The van der Waals surface area contributed by atoms with Crippen LogP contribution in [0.4, 0.5) is 0 Å². The van der Waals surface area contributed by atoms with E-state index in [0.717, 1.165) is 12.8 Å². The van der Waals surface area contributed by atoms with Gasteiger partial charge < -0.3 is 4.42 Å². The molecule has 56 valence electrons. The van der Waals surface area contributed by atoms with E-state index < -0.39 is 5.54 Å². The van der Waals surface area contributed by atoms with Crippen LogP contribution in [0, 0.1) is 0 Å². The van der Waals surface area contributed by atoms with Gasteiger partial charge in [0.05, 0.1) is 6.20 Å². The summed E-state index contributed by atoms with van der Waals surface area (Å²) in [6.07, 6.45) is 6.20. The van der Waals surface area contributed by atoms with Gasteiger partial charge in [0.25, 0.3) is 0 Å². The van der Waals surface area contributed by atoms with Crippen molar-refractivity contribution < 1.29 is 9.21 Å². The Bertz CT molecular complexity index is 294. The predicted octanol–water partition coefficient (Wildman–Crippen LogP) is 1.000. The normalized spacial score (nSPS) is 18.9. The minimum Gasteiger partial charge on any atom is -0.446 e. The third kappa shape index (κ3) is 0.880. The maximum atomic E-state index is 10.0. The lowest BCUT2D eigenvalue weighted by molar-refractivity contribution is 0.452. The smallest absolute Gasteiger partial charge is 0.235 e. The van der Waals surface area contributed by atoms with Crippen LogP contribution in [0.3, 0.4) is 0 Å². The van der Waals surface area contributed by atoms with Crippen LogP contribution >= 0.6 is 0 Å². The van der Waals surface area contributed by atoms with Gasteiger partial charge in [-0.2, -0.15) is 4.99 Å². The number of rotatable bonds is 2. The number of oxazole rings is 1. The molecule has 2 rings (SSSR count). The highest BCUT2D eigenvalue weighted by atomic mass is 16.3. The van der Waals surface area contributed by atoms with Crippen LogP contribution < -0.4 is 0 Å². The highest BCUT2D eigenvalue weighted by Gasteiger charge is 2.47. The maximum Gasteiger partial charge on any atom is 0.235 e. The van der Waals surface area contributed by atoms with Gasteiger partial charge in [-0.1, -0.05) is 0 Å². The molecule has 0 amide bonds. The average molecular weight is 150 g/mol. The van der Waals surface area contributed by atoms with Crippen LogP contribution in [0.5, 0.6) is 0 Å². The molecule has 1 aliphatic carbocycles. The monoisotopic (exact) mass is 150 g/mol. The molecule has 4 nitrogen and oxygen atoms in total. The molecule has 0 aromatic carbocycles. The first-order valence-corrected chi connectivity index (χ1v) is 3.35. The third-order valence-corrected chi connectivity index (χ3v) is 1.87. The van der Waals surface area contributed by atoms with Crippen LogP contribution in [0.2, 0.25) is 0 Å². The molecule has 1 heterocycles. The summed E-state index contributed by atoms with van der Waals surface area (Å²) in [6.45, 7) is 0. The summed E-state index contributed by atoms with van der Waals surface area (Å²) >= 11 is 0. The van der Waals surface area contributed by atoms with Gasteiger partial charge in [0.2, 0.25) is 6.08 Å². The van der Waals surface area contributed by atoms with Gasteiger partial charge in [0, 0.05) is 0 Å². The van der Waals surface area contributed by atoms with Crippen molar-refractivity contribution in [3.8, 4) is 0 Å². The average Bonchev–Trinajstić information content (AvgIpc) is 2.63. The van der Waals surface area contributed by atoms with E-state index in [4.69, 9.17) is 4.42 Å². The quantitative estimate of drug-likeness (QED) is 0.466. The van der Waals surface area contributed by atoms with Gasteiger partial charge in [-0.15, -0.1) is 0 Å². The molecule has 1 fully saturated rings. The molecular weight excluding hydrogens is 144 g/mol. The molecule has 0 aliphatic heterocycles. The molecule has 0 unspecified atom stereocenters. The number of isocyanates is 1. The second kappa shape index (κ2) is 2.04. The fourth-order valence-corrected chi connectivity index (χ4v) is 1.06. The molecule has 0 N–H and O–H groups in total. The van der Waals surface area contributed by atoms with Crippen LogP contribution in [-0.4, -0.2) is 11.1 Å². The van der Waals surface area contributed by atoms with Crippen LogP contribution in [0.25, 0.3) is 0 Å². The van der Waals surface area contributed by atoms with Gasteiger partial charge in [0.15, 0.2) is 12.2 Å². The van der Waals surface area contributed by atoms with E-state index in [-0.39, 0.29) is 0 Å². The van der Waals surface area contributed by atoms with E-state index in [1.807, 2.05) is 0 Å². The Morgan fingerprint density at radius 3 is 3.00 bits per heavy atom. The van der Waals surface area contributed by atoms with Crippen molar-refractivity contribution in [2.24, 2.45) is 4.99 Å². The van der Waals surface area contributed by atoms with E-state index in [9.17, 15) is 4.79 Å². The van der Waals surface area contributed by atoms with Gasteiger partial charge in [0.1, 0.15) is 5.54 Å². The summed E-state index contributed by atoms with van der Waals surface area (Å²) in [5, 5.41) is 0. The van der Waals surface area contributed by atoms with Crippen LogP contribution in [0.1, 0.15) is 18.6 Å². The Morgan fingerprint density at radius 1 is 1.73 bits per heavy atom. The summed E-state index contributed by atoms with van der Waals surface area (Å²) in [7, 11) is 0. The van der Waals surface area contributed by atoms with Gasteiger partial charge in [-0.3, -0.25) is 0 Å². The lowest BCUT2D eigenvalue weighted by atomic mass is 10.2. The number of hydrogen-bond acceptors (Lipinski definition) is 4. The van der Waals surface area contributed by atoms with E-state index in [0.29, 0.717) is 5.76 Å². The molecule has 1 aromatic rings. The number of carbonyl (C=O) groups excluding carboxylic acids is 1. The second-order valence-electron chi connectivity index (χ2n) is 2.60. The molecule has 0 atom stereocenters. The largest absolute Gasteiger partial charge is 0.446 e. The third-order valence-electron chi connectivity index (χ3n) is 1.87. The molecule has 0 spiro atoms. The fourth-order valence-electron chi connectivity index (χ4n) is 1.06. The highest BCUT2D eigenvalue weighted by molar-refractivity contribution is 5.38. The summed E-state index contributed by atoms with van der Waals surface area (Å²) in [4.78, 5) is 17.4. The zero-order valence-corrected chi connectivity index (χ0v) is 5.78. The summed E-state index contributed by atoms with van der Waals surface area (Å²) in [5.74, 6) is 0.667. The zero-order chi connectivity index (χ0) is 7.73.